The molecule has 2 N–H and O–H groups in total. The predicted octanol–water partition coefficient (Wildman–Crippen LogP) is 1.27. The highest BCUT2D eigenvalue weighted by Gasteiger charge is 2.16. The number of alkyl carbamates (subject to hydrolysis) is 1. The van der Waals surface area contributed by atoms with E-state index in [4.69, 9.17) is 9.84 Å². The largest absolute Gasteiger partial charge is 0.481 e. The van der Waals surface area contributed by atoms with Gasteiger partial charge in [-0.25, -0.2) is 4.79 Å². The van der Waals surface area contributed by atoms with Crippen LogP contribution >= 0.6 is 0 Å². The van der Waals surface area contributed by atoms with Gasteiger partial charge < -0.3 is 15.2 Å². The minimum absolute atomic E-state index is 0.0120. The fourth-order valence-corrected chi connectivity index (χ4v) is 1.21. The molecule has 0 spiro atoms. The van der Waals surface area contributed by atoms with Gasteiger partial charge in [0.2, 0.25) is 0 Å². The van der Waals surface area contributed by atoms with Gasteiger partial charge in [-0.3, -0.25) is 9.69 Å². The molecule has 0 bridgehead atoms. The Morgan fingerprint density at radius 1 is 1.41 bits per heavy atom. The summed E-state index contributed by atoms with van der Waals surface area (Å²) >= 11 is 0. The number of ether oxygens (including phenoxy) is 1. The molecule has 0 radical (unpaired) electrons. The fraction of sp³-hybridized carbons (Fsp3) is 0.818. The normalized spacial score (nSPS) is 12.2. The summed E-state index contributed by atoms with van der Waals surface area (Å²) in [6, 6.07) is 0. The number of carbonyl (C=O) groups excluding carboxylic acids is 1. The molecule has 100 valence electrons. The molecule has 0 fully saturated rings. The first-order chi connectivity index (χ1) is 7.97. The van der Waals surface area contributed by atoms with E-state index in [-0.39, 0.29) is 12.6 Å². The number of aliphatic carboxylic acids is 1. The summed E-state index contributed by atoms with van der Waals surface area (Å²) in [6.45, 7) is 2.40. The third-order valence-corrected chi connectivity index (χ3v) is 2.27. The molecule has 17 heavy (non-hydrogen) atoms. The van der Waals surface area contributed by atoms with E-state index in [2.05, 4.69) is 5.32 Å². The lowest BCUT2D eigenvalue weighted by molar-refractivity contribution is -0.137. The van der Waals surface area contributed by atoms with Crippen molar-refractivity contribution < 1.29 is 19.4 Å². The number of unbranched alkanes of at least 4 members (excludes halogenated alkanes) is 1. The van der Waals surface area contributed by atoms with Gasteiger partial charge in [0, 0.05) is 6.42 Å². The standard InChI is InChI=1S/C11H22N2O4/c1-4-5-8-17-11(16)12-9(13(2)3)6-7-10(14)15/h9H,4-8H2,1-3H3,(H,12,16)(H,14,15). The SMILES string of the molecule is CCCCOC(=O)NC(CCC(=O)O)N(C)C. The molecule has 0 aliphatic carbocycles. The van der Waals surface area contributed by atoms with E-state index in [1.54, 1.807) is 19.0 Å². The Bertz CT molecular complexity index is 244. The second-order valence-corrected chi connectivity index (χ2v) is 4.05. The quantitative estimate of drug-likeness (QED) is 0.498. The third-order valence-electron chi connectivity index (χ3n) is 2.27. The van der Waals surface area contributed by atoms with E-state index in [1.165, 1.54) is 0 Å². The second kappa shape index (κ2) is 8.81. The zero-order valence-electron chi connectivity index (χ0n) is 10.7. The van der Waals surface area contributed by atoms with Crippen LogP contribution < -0.4 is 5.32 Å². The molecular formula is C11H22N2O4. The fourth-order valence-electron chi connectivity index (χ4n) is 1.21. The molecule has 1 atom stereocenters. The summed E-state index contributed by atoms with van der Waals surface area (Å²) in [5.41, 5.74) is 0. The van der Waals surface area contributed by atoms with Gasteiger partial charge in [-0.2, -0.15) is 0 Å². The van der Waals surface area contributed by atoms with Crippen molar-refractivity contribution in [2.45, 2.75) is 38.8 Å². The molecule has 6 heteroatoms. The van der Waals surface area contributed by atoms with Crippen molar-refractivity contribution in [2.75, 3.05) is 20.7 Å². The zero-order chi connectivity index (χ0) is 13.3. The van der Waals surface area contributed by atoms with E-state index in [0.717, 1.165) is 12.8 Å². The number of carboxylic acid groups (broad SMARTS) is 1. The molecule has 0 saturated carbocycles. The van der Waals surface area contributed by atoms with Gasteiger partial charge in [0.25, 0.3) is 0 Å². The van der Waals surface area contributed by atoms with E-state index < -0.39 is 12.1 Å². The van der Waals surface area contributed by atoms with Gasteiger partial charge in [-0.05, 0) is 26.9 Å². The Morgan fingerprint density at radius 2 is 2.06 bits per heavy atom. The van der Waals surface area contributed by atoms with Crippen LogP contribution in [0.3, 0.4) is 0 Å². The monoisotopic (exact) mass is 246 g/mol. The smallest absolute Gasteiger partial charge is 0.408 e. The first-order valence-electron chi connectivity index (χ1n) is 5.78. The number of rotatable bonds is 8. The summed E-state index contributed by atoms with van der Waals surface area (Å²) in [7, 11) is 3.55. The van der Waals surface area contributed by atoms with E-state index >= 15 is 0 Å². The van der Waals surface area contributed by atoms with E-state index in [0.29, 0.717) is 13.0 Å². The number of nitrogens with zero attached hydrogens (tertiary/aromatic N) is 1. The lowest BCUT2D eigenvalue weighted by Gasteiger charge is -2.24. The van der Waals surface area contributed by atoms with Crippen molar-refractivity contribution in [3.63, 3.8) is 0 Å². The Balaban J connectivity index is 3.97. The van der Waals surface area contributed by atoms with Crippen LogP contribution in [0.1, 0.15) is 32.6 Å². The van der Waals surface area contributed by atoms with Crippen LogP contribution in [0.4, 0.5) is 4.79 Å². The molecule has 0 aromatic carbocycles. The van der Waals surface area contributed by atoms with Gasteiger partial charge in [0.15, 0.2) is 0 Å². The van der Waals surface area contributed by atoms with Crippen molar-refractivity contribution >= 4 is 12.1 Å². The van der Waals surface area contributed by atoms with Crippen molar-refractivity contribution in [1.29, 1.82) is 0 Å². The highest BCUT2D eigenvalue weighted by Crippen LogP contribution is 2.01. The summed E-state index contributed by atoms with van der Waals surface area (Å²) in [5, 5.41) is 11.2. The van der Waals surface area contributed by atoms with Crippen LogP contribution in [0.2, 0.25) is 0 Å². The lowest BCUT2D eigenvalue weighted by atomic mass is 10.2. The summed E-state index contributed by atoms with van der Waals surface area (Å²) in [6.07, 6.45) is 1.34. The molecule has 0 aromatic heterocycles. The maximum Gasteiger partial charge on any atom is 0.408 e. The molecule has 0 heterocycles. The highest BCUT2D eigenvalue weighted by atomic mass is 16.5. The molecule has 0 aliphatic rings. The number of nitrogens with one attached hydrogen (secondary N) is 1. The van der Waals surface area contributed by atoms with Crippen LogP contribution in [0.5, 0.6) is 0 Å². The summed E-state index contributed by atoms with van der Waals surface area (Å²) in [5.74, 6) is -0.877. The number of carbonyl (C=O) groups is 2. The summed E-state index contributed by atoms with van der Waals surface area (Å²) < 4.78 is 4.95. The molecule has 1 unspecified atom stereocenters. The Kier molecular flexibility index (Phi) is 8.13. The minimum Gasteiger partial charge on any atom is -0.481 e. The maximum absolute atomic E-state index is 11.4. The van der Waals surface area contributed by atoms with Crippen LogP contribution in [-0.2, 0) is 9.53 Å². The van der Waals surface area contributed by atoms with Crippen molar-refractivity contribution in [1.82, 2.24) is 10.2 Å². The molecule has 0 rings (SSSR count). The average molecular weight is 246 g/mol. The van der Waals surface area contributed by atoms with Gasteiger partial charge in [-0.1, -0.05) is 13.3 Å². The predicted molar refractivity (Wildman–Crippen MR) is 63.7 cm³/mol. The van der Waals surface area contributed by atoms with Gasteiger partial charge >= 0.3 is 12.1 Å². The topological polar surface area (TPSA) is 78.9 Å². The molecule has 1 amide bonds. The Labute approximate surface area is 102 Å². The van der Waals surface area contributed by atoms with Gasteiger partial charge in [0.1, 0.15) is 0 Å². The second-order valence-electron chi connectivity index (χ2n) is 4.05. The number of hydrogen-bond acceptors (Lipinski definition) is 4. The number of amides is 1. The maximum atomic E-state index is 11.4. The van der Waals surface area contributed by atoms with Crippen LogP contribution in [0.15, 0.2) is 0 Å². The van der Waals surface area contributed by atoms with Crippen molar-refractivity contribution in [2.24, 2.45) is 0 Å². The van der Waals surface area contributed by atoms with Crippen molar-refractivity contribution in [3.8, 4) is 0 Å². The van der Waals surface area contributed by atoms with Gasteiger partial charge in [0.05, 0.1) is 12.8 Å². The Hall–Kier alpha value is -1.30. The van der Waals surface area contributed by atoms with Gasteiger partial charge in [-0.15, -0.1) is 0 Å². The molecule has 0 saturated heterocycles. The lowest BCUT2D eigenvalue weighted by Crippen LogP contribution is -2.45. The molecule has 6 nitrogen and oxygen atoms in total. The number of hydrogen-bond donors (Lipinski definition) is 2. The van der Waals surface area contributed by atoms with Crippen LogP contribution in [0, 0.1) is 0 Å². The van der Waals surface area contributed by atoms with Crippen molar-refractivity contribution in [3.05, 3.63) is 0 Å². The van der Waals surface area contributed by atoms with E-state index in [1.807, 2.05) is 6.92 Å². The minimum atomic E-state index is -0.877. The van der Waals surface area contributed by atoms with Crippen LogP contribution in [-0.4, -0.2) is 48.9 Å². The molecule has 0 aliphatic heterocycles. The average Bonchev–Trinajstić information content (AvgIpc) is 2.23. The number of carboxylic acids is 1. The van der Waals surface area contributed by atoms with E-state index in [9.17, 15) is 9.59 Å². The highest BCUT2D eigenvalue weighted by molar-refractivity contribution is 5.68. The van der Waals surface area contributed by atoms with Crippen LogP contribution in [0.25, 0.3) is 0 Å². The molecule has 0 aromatic rings. The zero-order valence-corrected chi connectivity index (χ0v) is 10.7. The summed E-state index contributed by atoms with van der Waals surface area (Å²) in [4.78, 5) is 23.6. The Morgan fingerprint density at radius 3 is 2.53 bits per heavy atom. The first kappa shape index (κ1) is 15.7. The molecular weight excluding hydrogens is 224 g/mol. The third kappa shape index (κ3) is 8.50. The first-order valence-corrected chi connectivity index (χ1v) is 5.78.